The van der Waals surface area contributed by atoms with E-state index >= 15 is 0 Å². The summed E-state index contributed by atoms with van der Waals surface area (Å²) >= 11 is 0. The summed E-state index contributed by atoms with van der Waals surface area (Å²) < 4.78 is 5.06. The number of carbonyl (C=O) groups is 1. The van der Waals surface area contributed by atoms with Gasteiger partial charge in [-0.1, -0.05) is 37.2 Å². The summed E-state index contributed by atoms with van der Waals surface area (Å²) in [6.45, 7) is 3.56. The molecule has 1 aliphatic rings. The van der Waals surface area contributed by atoms with Gasteiger partial charge < -0.3 is 9.84 Å². The van der Waals surface area contributed by atoms with Gasteiger partial charge in [0.2, 0.25) is 0 Å². The predicted molar refractivity (Wildman–Crippen MR) is 95.5 cm³/mol. The van der Waals surface area contributed by atoms with Crippen LogP contribution < -0.4 is 0 Å². The predicted octanol–water partition coefficient (Wildman–Crippen LogP) is 3.23. The van der Waals surface area contributed by atoms with E-state index in [1.807, 2.05) is 6.08 Å². The Morgan fingerprint density at radius 1 is 1.08 bits per heavy atom. The summed E-state index contributed by atoms with van der Waals surface area (Å²) in [6.07, 6.45) is 9.88. The maximum Gasteiger partial charge on any atom is 0.309 e. The zero-order chi connectivity index (χ0) is 17.5. The van der Waals surface area contributed by atoms with Crippen LogP contribution in [0.3, 0.4) is 0 Å². The first-order valence-corrected chi connectivity index (χ1v) is 8.66. The number of hydrogen-bond acceptors (Lipinski definition) is 3. The molecule has 24 heavy (non-hydrogen) atoms. The molecule has 0 aromatic rings. The molecule has 128 valence electrons. The molecule has 0 aromatic heterocycles. The largest absolute Gasteiger partial charge is 0.460 e. The summed E-state index contributed by atoms with van der Waals surface area (Å²) in [6, 6.07) is 0. The third-order valence-corrected chi connectivity index (χ3v) is 3.81. The quantitative estimate of drug-likeness (QED) is 0.306. The fraction of sp³-hybridized carbons (Fsp3) is 0.571. The van der Waals surface area contributed by atoms with Crippen molar-refractivity contribution in [2.45, 2.75) is 63.9 Å². The van der Waals surface area contributed by atoms with Crippen LogP contribution in [-0.4, -0.2) is 23.8 Å². The van der Waals surface area contributed by atoms with Gasteiger partial charge in [-0.15, -0.1) is 6.58 Å². The molecule has 0 aliphatic carbocycles. The van der Waals surface area contributed by atoms with Crippen LogP contribution in [0.15, 0.2) is 12.7 Å². The number of carbonyl (C=O) groups excluding carboxylic acids is 1. The monoisotopic (exact) mass is 326 g/mol. The number of esters is 1. The van der Waals surface area contributed by atoms with E-state index in [9.17, 15) is 4.79 Å². The van der Waals surface area contributed by atoms with E-state index in [2.05, 4.69) is 42.1 Å². The summed E-state index contributed by atoms with van der Waals surface area (Å²) in [4.78, 5) is 11.5. The van der Waals surface area contributed by atoms with Gasteiger partial charge in [0.25, 0.3) is 0 Å². The second-order valence-electron chi connectivity index (χ2n) is 5.81. The fourth-order valence-electron chi connectivity index (χ4n) is 2.48. The van der Waals surface area contributed by atoms with Crippen LogP contribution in [0, 0.1) is 41.4 Å². The Bertz CT molecular complexity index is 571. The minimum absolute atomic E-state index is 0.0233. The van der Waals surface area contributed by atoms with Crippen LogP contribution in [0.1, 0.15) is 57.8 Å². The van der Waals surface area contributed by atoms with Crippen LogP contribution in [0.25, 0.3) is 0 Å². The zero-order valence-corrected chi connectivity index (χ0v) is 14.3. The highest BCUT2D eigenvalue weighted by Crippen LogP contribution is 2.25. The van der Waals surface area contributed by atoms with Gasteiger partial charge in [-0.25, -0.2) is 0 Å². The van der Waals surface area contributed by atoms with Crippen LogP contribution in [0.5, 0.6) is 0 Å². The SMILES string of the molecule is C=CCCC#CC#CC#CCCCCCC[C@@H]1C[C@@H](CO)OC1=O. The third-order valence-electron chi connectivity index (χ3n) is 3.81. The Labute approximate surface area is 145 Å². The van der Waals surface area contributed by atoms with Gasteiger partial charge in [0, 0.05) is 12.8 Å². The van der Waals surface area contributed by atoms with E-state index < -0.39 is 0 Å². The number of cyclic esters (lactones) is 1. The van der Waals surface area contributed by atoms with E-state index in [0.717, 1.165) is 51.4 Å². The molecule has 0 unspecified atom stereocenters. The lowest BCUT2D eigenvalue weighted by atomic mass is 9.97. The van der Waals surface area contributed by atoms with Crippen molar-refractivity contribution < 1.29 is 14.6 Å². The molecule has 0 bridgehead atoms. The number of rotatable bonds is 9. The molecule has 1 aliphatic heterocycles. The summed E-state index contributed by atoms with van der Waals surface area (Å²) in [5.74, 6) is 16.8. The minimum Gasteiger partial charge on any atom is -0.460 e. The molecule has 0 radical (unpaired) electrons. The van der Waals surface area contributed by atoms with Crippen LogP contribution >= 0.6 is 0 Å². The zero-order valence-electron chi connectivity index (χ0n) is 14.3. The summed E-state index contributed by atoms with van der Waals surface area (Å²) in [5.41, 5.74) is 0. The highest BCUT2D eigenvalue weighted by molar-refractivity contribution is 5.74. The molecule has 3 heteroatoms. The molecule has 0 spiro atoms. The maximum atomic E-state index is 11.5. The molecule has 2 atom stereocenters. The molecule has 0 saturated carbocycles. The van der Waals surface area contributed by atoms with Gasteiger partial charge in [-0.2, -0.15) is 0 Å². The van der Waals surface area contributed by atoms with Gasteiger partial charge in [0.05, 0.1) is 12.5 Å². The Morgan fingerprint density at radius 3 is 2.46 bits per heavy atom. The van der Waals surface area contributed by atoms with E-state index in [1.54, 1.807) is 0 Å². The lowest BCUT2D eigenvalue weighted by Crippen LogP contribution is -2.10. The first-order chi connectivity index (χ1) is 11.8. The number of aliphatic hydroxyl groups is 1. The van der Waals surface area contributed by atoms with Crippen molar-refractivity contribution in [1.29, 1.82) is 0 Å². The average molecular weight is 326 g/mol. The number of aliphatic hydroxyl groups excluding tert-OH is 1. The fourth-order valence-corrected chi connectivity index (χ4v) is 2.48. The van der Waals surface area contributed by atoms with Crippen molar-refractivity contribution in [1.82, 2.24) is 0 Å². The Balaban J connectivity index is 2.00. The normalized spacial score (nSPS) is 18.3. The maximum absolute atomic E-state index is 11.5. The molecule has 1 rings (SSSR count). The third kappa shape index (κ3) is 9.09. The lowest BCUT2D eigenvalue weighted by molar-refractivity contribution is -0.145. The van der Waals surface area contributed by atoms with E-state index in [-0.39, 0.29) is 24.6 Å². The molecule has 1 fully saturated rings. The Hall–Kier alpha value is -2.15. The van der Waals surface area contributed by atoms with Crippen molar-refractivity contribution >= 4 is 5.97 Å². The highest BCUT2D eigenvalue weighted by Gasteiger charge is 2.33. The number of unbranched alkanes of at least 4 members (excludes halogenated alkanes) is 5. The second kappa shape index (κ2) is 13.3. The first kappa shape index (κ1) is 19.9. The smallest absolute Gasteiger partial charge is 0.309 e. The van der Waals surface area contributed by atoms with Crippen LogP contribution in [0.2, 0.25) is 0 Å². The van der Waals surface area contributed by atoms with Gasteiger partial charge >= 0.3 is 5.97 Å². The number of allylic oxidation sites excluding steroid dienone is 1. The van der Waals surface area contributed by atoms with Gasteiger partial charge in [0.1, 0.15) is 6.10 Å². The van der Waals surface area contributed by atoms with Crippen molar-refractivity contribution in [2.75, 3.05) is 6.61 Å². The molecular weight excluding hydrogens is 300 g/mol. The van der Waals surface area contributed by atoms with Crippen LogP contribution in [0.4, 0.5) is 0 Å². The molecule has 3 nitrogen and oxygen atoms in total. The van der Waals surface area contributed by atoms with Crippen molar-refractivity contribution in [3.8, 4) is 35.5 Å². The molecule has 0 amide bonds. The van der Waals surface area contributed by atoms with Gasteiger partial charge in [-0.05, 0) is 49.4 Å². The minimum atomic E-state index is -0.287. The van der Waals surface area contributed by atoms with E-state index in [0.29, 0.717) is 6.42 Å². The van der Waals surface area contributed by atoms with Crippen LogP contribution in [-0.2, 0) is 9.53 Å². The average Bonchev–Trinajstić information content (AvgIpc) is 2.95. The highest BCUT2D eigenvalue weighted by atomic mass is 16.6. The van der Waals surface area contributed by atoms with Crippen molar-refractivity contribution in [3.05, 3.63) is 12.7 Å². The van der Waals surface area contributed by atoms with Gasteiger partial charge in [0.15, 0.2) is 0 Å². The molecule has 1 N–H and O–H groups in total. The number of ether oxygens (including phenoxy) is 1. The summed E-state index contributed by atoms with van der Waals surface area (Å²) in [7, 11) is 0. The first-order valence-electron chi connectivity index (χ1n) is 8.66. The van der Waals surface area contributed by atoms with Gasteiger partial charge in [-0.3, -0.25) is 4.79 Å². The van der Waals surface area contributed by atoms with E-state index in [4.69, 9.17) is 9.84 Å². The molecule has 1 heterocycles. The Kier molecular flexibility index (Phi) is 11.0. The van der Waals surface area contributed by atoms with Crippen molar-refractivity contribution in [3.63, 3.8) is 0 Å². The van der Waals surface area contributed by atoms with E-state index in [1.165, 1.54) is 0 Å². The lowest BCUT2D eigenvalue weighted by Gasteiger charge is -2.04. The number of hydrogen-bond donors (Lipinski definition) is 1. The second-order valence-corrected chi connectivity index (χ2v) is 5.81. The molecular formula is C21H26O3. The van der Waals surface area contributed by atoms with Crippen molar-refractivity contribution in [2.24, 2.45) is 5.92 Å². The standard InChI is InChI=1S/C21H26O3/c1-2-3-4-5-6-7-8-9-10-11-12-13-14-15-16-19-17-20(18-22)24-21(19)23/h2,19-20,22H,1,3-4,11-18H2/t19-,20+/m1/s1. The Morgan fingerprint density at radius 2 is 1.79 bits per heavy atom. The summed E-state index contributed by atoms with van der Waals surface area (Å²) in [5, 5.41) is 8.99. The topological polar surface area (TPSA) is 46.5 Å². The molecule has 1 saturated heterocycles. The molecule has 0 aromatic carbocycles.